The summed E-state index contributed by atoms with van der Waals surface area (Å²) in [6.07, 6.45) is 0.0797. The monoisotopic (exact) mass is 469 g/mol. The smallest absolute Gasteiger partial charge is 0.338 e. The second-order valence-corrected chi connectivity index (χ2v) is 8.23. The number of carbonyl (C=O) groups excluding carboxylic acids is 3. The van der Waals surface area contributed by atoms with Gasteiger partial charge < -0.3 is 14.8 Å². The Morgan fingerprint density at radius 1 is 1.12 bits per heavy atom. The normalized spacial score (nSPS) is 17.1. The molecule has 1 aliphatic heterocycles. The van der Waals surface area contributed by atoms with Gasteiger partial charge in [0.15, 0.2) is 5.17 Å². The highest BCUT2D eigenvalue weighted by molar-refractivity contribution is 8.15. The van der Waals surface area contributed by atoms with Crippen molar-refractivity contribution in [2.75, 3.05) is 25.1 Å². The number of ether oxygens (including phenoxy) is 2. The Morgan fingerprint density at radius 2 is 1.88 bits per heavy atom. The van der Waals surface area contributed by atoms with Crippen LogP contribution in [0.15, 0.2) is 53.5 Å². The number of nitrogens with zero attached hydrogens (tertiary/aromatic N) is 2. The van der Waals surface area contributed by atoms with Gasteiger partial charge in [0.05, 0.1) is 24.5 Å². The van der Waals surface area contributed by atoms with Gasteiger partial charge in [-0.25, -0.2) is 9.79 Å². The zero-order valence-corrected chi connectivity index (χ0v) is 19.7. The van der Waals surface area contributed by atoms with E-state index in [1.807, 2.05) is 19.9 Å². The first-order valence-corrected chi connectivity index (χ1v) is 11.7. The average Bonchev–Trinajstić information content (AvgIpc) is 2.80. The van der Waals surface area contributed by atoms with Gasteiger partial charge in [-0.3, -0.25) is 14.5 Å². The van der Waals surface area contributed by atoms with Gasteiger partial charge in [-0.1, -0.05) is 17.8 Å². The zero-order chi connectivity index (χ0) is 23.8. The van der Waals surface area contributed by atoms with Gasteiger partial charge in [-0.15, -0.1) is 0 Å². The van der Waals surface area contributed by atoms with Gasteiger partial charge in [0.25, 0.3) is 0 Å². The van der Waals surface area contributed by atoms with Crippen LogP contribution in [0.25, 0.3) is 0 Å². The number of carbonyl (C=O) groups is 3. The van der Waals surface area contributed by atoms with E-state index in [1.165, 1.54) is 11.8 Å². The maximum absolute atomic E-state index is 12.9. The Balaban J connectivity index is 1.76. The van der Waals surface area contributed by atoms with Crippen LogP contribution in [0.3, 0.4) is 0 Å². The summed E-state index contributed by atoms with van der Waals surface area (Å²) in [7, 11) is 0. The van der Waals surface area contributed by atoms with Crippen molar-refractivity contribution in [3.8, 4) is 5.75 Å². The third-order valence-corrected chi connectivity index (χ3v) is 5.95. The van der Waals surface area contributed by atoms with E-state index in [9.17, 15) is 14.4 Å². The predicted molar refractivity (Wildman–Crippen MR) is 129 cm³/mol. The molecule has 0 aliphatic carbocycles. The molecule has 0 spiro atoms. The van der Waals surface area contributed by atoms with E-state index < -0.39 is 11.2 Å². The van der Waals surface area contributed by atoms with Crippen LogP contribution in [0.5, 0.6) is 5.75 Å². The highest BCUT2D eigenvalue weighted by atomic mass is 32.2. The van der Waals surface area contributed by atoms with Crippen LogP contribution in [0.2, 0.25) is 0 Å². The number of anilines is 1. The van der Waals surface area contributed by atoms with Gasteiger partial charge in [0.2, 0.25) is 11.8 Å². The van der Waals surface area contributed by atoms with Gasteiger partial charge in [0, 0.05) is 24.7 Å². The first-order chi connectivity index (χ1) is 15.9. The standard InChI is InChI=1S/C24H27N3O5S/c1-4-27-21(28)15-20(22(29)25-18-8-7-9-19(14-18)31-5-2)33-24(27)26-17-12-10-16(11-13-17)23(30)32-6-3/h7-14,20H,4-6,15H2,1-3H3,(H,25,29)/t20-/m1/s1. The van der Waals surface area contributed by atoms with Crippen molar-refractivity contribution in [1.82, 2.24) is 4.90 Å². The molecule has 33 heavy (non-hydrogen) atoms. The third-order valence-electron chi connectivity index (χ3n) is 4.76. The summed E-state index contributed by atoms with van der Waals surface area (Å²) in [5.74, 6) is -0.183. The van der Waals surface area contributed by atoms with Crippen LogP contribution in [0.4, 0.5) is 11.4 Å². The highest BCUT2D eigenvalue weighted by Gasteiger charge is 2.35. The van der Waals surface area contributed by atoms with Crippen LogP contribution in [0, 0.1) is 0 Å². The van der Waals surface area contributed by atoms with Crippen LogP contribution in [0.1, 0.15) is 37.6 Å². The number of thioether (sulfide) groups is 1. The van der Waals surface area contributed by atoms with Crippen LogP contribution in [-0.4, -0.2) is 52.9 Å². The fourth-order valence-electron chi connectivity index (χ4n) is 3.20. The topological polar surface area (TPSA) is 97.3 Å². The van der Waals surface area contributed by atoms with E-state index in [-0.39, 0.29) is 18.2 Å². The molecule has 1 N–H and O–H groups in total. The molecule has 174 valence electrons. The molecule has 1 saturated heterocycles. The molecular formula is C24H27N3O5S. The lowest BCUT2D eigenvalue weighted by molar-refractivity contribution is -0.129. The molecule has 8 nitrogen and oxygen atoms in total. The van der Waals surface area contributed by atoms with Gasteiger partial charge >= 0.3 is 5.97 Å². The average molecular weight is 470 g/mol. The Bertz CT molecular complexity index is 1040. The molecule has 1 atom stereocenters. The number of amidine groups is 1. The fraction of sp³-hybridized carbons (Fsp3) is 0.333. The molecule has 0 aromatic heterocycles. The van der Waals surface area contributed by atoms with E-state index in [1.54, 1.807) is 54.3 Å². The van der Waals surface area contributed by atoms with Gasteiger partial charge in [0.1, 0.15) is 11.0 Å². The summed E-state index contributed by atoms with van der Waals surface area (Å²) in [5, 5.41) is 2.69. The fourth-order valence-corrected chi connectivity index (χ4v) is 4.37. The van der Waals surface area contributed by atoms with E-state index in [4.69, 9.17) is 9.47 Å². The lowest BCUT2D eigenvalue weighted by atomic mass is 10.2. The van der Waals surface area contributed by atoms with Crippen molar-refractivity contribution in [1.29, 1.82) is 0 Å². The first kappa shape index (κ1) is 24.3. The molecule has 1 aliphatic rings. The Hall–Kier alpha value is -3.33. The predicted octanol–water partition coefficient (Wildman–Crippen LogP) is 4.24. The summed E-state index contributed by atoms with van der Waals surface area (Å²) in [4.78, 5) is 43.6. The zero-order valence-electron chi connectivity index (χ0n) is 18.9. The SMILES string of the molecule is CCOC(=O)c1ccc(N=C2S[C@@H](C(=O)Nc3cccc(OCC)c3)CC(=O)N2CC)cc1. The number of benzene rings is 2. The van der Waals surface area contributed by atoms with E-state index in [0.29, 0.717) is 47.6 Å². The van der Waals surface area contributed by atoms with Crippen LogP contribution in [-0.2, 0) is 14.3 Å². The number of hydrogen-bond donors (Lipinski definition) is 1. The number of nitrogens with one attached hydrogen (secondary N) is 1. The summed E-state index contributed by atoms with van der Waals surface area (Å²) >= 11 is 1.24. The minimum absolute atomic E-state index is 0.0797. The molecule has 9 heteroatoms. The number of amides is 2. The number of esters is 1. The van der Waals surface area contributed by atoms with Crippen molar-refractivity contribution in [3.63, 3.8) is 0 Å². The molecule has 2 aromatic carbocycles. The Labute approximate surface area is 197 Å². The Morgan fingerprint density at radius 3 is 2.55 bits per heavy atom. The van der Waals surface area contributed by atoms with Gasteiger partial charge in [-0.05, 0) is 57.2 Å². The highest BCUT2D eigenvalue weighted by Crippen LogP contribution is 2.30. The van der Waals surface area contributed by atoms with Crippen molar-refractivity contribution in [2.24, 2.45) is 4.99 Å². The molecule has 2 amide bonds. The van der Waals surface area contributed by atoms with Crippen molar-refractivity contribution < 1.29 is 23.9 Å². The van der Waals surface area contributed by atoms with Gasteiger partial charge in [-0.2, -0.15) is 0 Å². The minimum atomic E-state index is -0.617. The second-order valence-electron chi connectivity index (χ2n) is 7.06. The van der Waals surface area contributed by atoms with E-state index >= 15 is 0 Å². The minimum Gasteiger partial charge on any atom is -0.494 e. The molecule has 1 fully saturated rings. The summed E-state index contributed by atoms with van der Waals surface area (Å²) in [5.41, 5.74) is 1.60. The maximum Gasteiger partial charge on any atom is 0.338 e. The van der Waals surface area contributed by atoms with E-state index in [2.05, 4.69) is 10.3 Å². The number of rotatable bonds is 8. The molecule has 3 rings (SSSR count). The quantitative estimate of drug-likeness (QED) is 0.581. The van der Waals surface area contributed by atoms with Crippen LogP contribution >= 0.6 is 11.8 Å². The summed E-state index contributed by atoms with van der Waals surface area (Å²) in [6.45, 7) is 6.76. The molecule has 0 radical (unpaired) electrons. The van der Waals surface area contributed by atoms with E-state index in [0.717, 1.165) is 0 Å². The Kier molecular flexibility index (Phi) is 8.48. The lowest BCUT2D eigenvalue weighted by Crippen LogP contribution is -2.45. The number of hydrogen-bond acceptors (Lipinski definition) is 7. The molecule has 1 heterocycles. The van der Waals surface area contributed by atoms with Crippen molar-refractivity contribution in [3.05, 3.63) is 54.1 Å². The molecule has 0 unspecified atom stereocenters. The maximum atomic E-state index is 12.9. The van der Waals surface area contributed by atoms with Crippen LogP contribution < -0.4 is 10.1 Å². The van der Waals surface area contributed by atoms with Crippen molar-refractivity contribution >= 4 is 46.1 Å². The molecule has 0 bridgehead atoms. The molecule has 0 saturated carbocycles. The third kappa shape index (κ3) is 6.35. The molecular weight excluding hydrogens is 442 g/mol. The summed E-state index contributed by atoms with van der Waals surface area (Å²) in [6, 6.07) is 13.7. The van der Waals surface area contributed by atoms with Crippen molar-refractivity contribution in [2.45, 2.75) is 32.4 Å². The largest absolute Gasteiger partial charge is 0.494 e. The molecule has 2 aromatic rings. The summed E-state index contributed by atoms with van der Waals surface area (Å²) < 4.78 is 10.5. The second kappa shape index (κ2) is 11.5. The lowest BCUT2D eigenvalue weighted by Gasteiger charge is -2.30. The first-order valence-electron chi connectivity index (χ1n) is 10.8. The number of aliphatic imine (C=N–C) groups is 1.